The van der Waals surface area contributed by atoms with Crippen LogP contribution in [0.3, 0.4) is 0 Å². The van der Waals surface area contributed by atoms with Crippen LogP contribution in [0.5, 0.6) is 11.5 Å². The summed E-state index contributed by atoms with van der Waals surface area (Å²) in [6.07, 6.45) is 4.35. The molecule has 0 spiro atoms. The molecule has 1 aliphatic heterocycles. The molecule has 1 unspecified atom stereocenters. The Labute approximate surface area is 170 Å². The fourth-order valence-corrected chi connectivity index (χ4v) is 3.24. The molecular formula is C19H18N4O5S. The summed E-state index contributed by atoms with van der Waals surface area (Å²) in [4.78, 5) is 44.0. The number of hydrogen-bond acceptors (Lipinski definition) is 7. The van der Waals surface area contributed by atoms with Crippen molar-refractivity contribution in [1.82, 2.24) is 4.98 Å². The van der Waals surface area contributed by atoms with E-state index in [1.54, 1.807) is 30.7 Å². The standard InChI is InChI=1S/C19H18N4O5S/c1-27-12-5-6-14(15(9-12)28-2)22-16(24)8-11-10-29-19(21-11)23-18(26)13-4-3-7-20-17(13)25/h3-7,9-10,13H,8H2,1-2H3,(H,22,24)(H,21,23,26). The molecule has 1 aliphatic rings. The van der Waals surface area contributed by atoms with Gasteiger partial charge in [0.05, 0.1) is 32.0 Å². The van der Waals surface area contributed by atoms with E-state index in [-0.39, 0.29) is 12.3 Å². The number of benzene rings is 1. The van der Waals surface area contributed by atoms with Crippen LogP contribution >= 0.6 is 11.3 Å². The molecule has 10 heteroatoms. The second-order valence-electron chi connectivity index (χ2n) is 5.90. The number of amides is 3. The first kappa shape index (κ1) is 20.2. The third kappa shape index (κ3) is 5.05. The third-order valence-electron chi connectivity index (χ3n) is 3.95. The molecular weight excluding hydrogens is 396 g/mol. The van der Waals surface area contributed by atoms with Crippen molar-refractivity contribution in [3.05, 3.63) is 41.4 Å². The molecule has 2 heterocycles. The quantitative estimate of drug-likeness (QED) is 0.670. The highest BCUT2D eigenvalue weighted by molar-refractivity contribution is 7.14. The summed E-state index contributed by atoms with van der Waals surface area (Å²) < 4.78 is 10.4. The van der Waals surface area contributed by atoms with E-state index in [0.717, 1.165) is 0 Å². The average Bonchev–Trinajstić information content (AvgIpc) is 3.14. The minimum Gasteiger partial charge on any atom is -0.497 e. The molecule has 0 fully saturated rings. The molecule has 0 saturated carbocycles. The highest BCUT2D eigenvalue weighted by Gasteiger charge is 2.25. The van der Waals surface area contributed by atoms with Gasteiger partial charge in [0.2, 0.25) is 11.8 Å². The van der Waals surface area contributed by atoms with E-state index in [1.165, 1.54) is 36.8 Å². The summed E-state index contributed by atoms with van der Waals surface area (Å²) in [6, 6.07) is 5.05. The number of nitrogens with one attached hydrogen (secondary N) is 2. The molecule has 1 aromatic carbocycles. The molecule has 0 aliphatic carbocycles. The van der Waals surface area contributed by atoms with Crippen molar-refractivity contribution in [2.24, 2.45) is 10.9 Å². The summed E-state index contributed by atoms with van der Waals surface area (Å²) in [5, 5.41) is 7.30. The van der Waals surface area contributed by atoms with Crippen molar-refractivity contribution in [3.8, 4) is 11.5 Å². The van der Waals surface area contributed by atoms with Gasteiger partial charge in [-0.15, -0.1) is 11.3 Å². The molecule has 0 radical (unpaired) electrons. The number of methoxy groups -OCH3 is 2. The van der Waals surface area contributed by atoms with Crippen LogP contribution in [0.25, 0.3) is 0 Å². The number of nitrogens with zero attached hydrogens (tertiary/aromatic N) is 2. The minimum atomic E-state index is -0.974. The Balaban J connectivity index is 1.59. The number of carbonyl (C=O) groups excluding carboxylic acids is 3. The van der Waals surface area contributed by atoms with Crippen LogP contribution in [0.4, 0.5) is 10.8 Å². The molecule has 150 valence electrons. The average molecular weight is 414 g/mol. The number of carbonyl (C=O) groups is 3. The predicted molar refractivity (Wildman–Crippen MR) is 109 cm³/mol. The van der Waals surface area contributed by atoms with Crippen LogP contribution in [0.2, 0.25) is 0 Å². The fraction of sp³-hybridized carbons (Fsp3) is 0.211. The first-order valence-corrected chi connectivity index (χ1v) is 9.40. The van der Waals surface area contributed by atoms with Crippen molar-refractivity contribution in [1.29, 1.82) is 0 Å². The van der Waals surface area contributed by atoms with Crippen LogP contribution in [-0.4, -0.2) is 43.1 Å². The Bertz CT molecular complexity index is 998. The zero-order chi connectivity index (χ0) is 20.8. The van der Waals surface area contributed by atoms with Crippen molar-refractivity contribution in [2.45, 2.75) is 6.42 Å². The Kier molecular flexibility index (Phi) is 6.35. The molecule has 3 amide bonds. The lowest BCUT2D eigenvalue weighted by molar-refractivity contribution is -0.128. The molecule has 1 atom stereocenters. The van der Waals surface area contributed by atoms with Crippen LogP contribution in [0, 0.1) is 5.92 Å². The molecule has 3 rings (SSSR count). The van der Waals surface area contributed by atoms with Gasteiger partial charge in [-0.3, -0.25) is 14.4 Å². The van der Waals surface area contributed by atoms with Gasteiger partial charge in [0, 0.05) is 17.7 Å². The topological polar surface area (TPSA) is 119 Å². The van der Waals surface area contributed by atoms with Gasteiger partial charge >= 0.3 is 0 Å². The van der Waals surface area contributed by atoms with Crippen LogP contribution in [0.15, 0.2) is 40.7 Å². The van der Waals surface area contributed by atoms with E-state index < -0.39 is 17.7 Å². The number of hydrogen-bond donors (Lipinski definition) is 2. The van der Waals surface area contributed by atoms with Crippen molar-refractivity contribution < 1.29 is 23.9 Å². The SMILES string of the molecule is COc1ccc(NC(=O)Cc2csc(NC(=O)C3C=CC=NC3=O)n2)c(OC)c1. The summed E-state index contributed by atoms with van der Waals surface area (Å²) in [7, 11) is 3.04. The Morgan fingerprint density at radius 3 is 2.76 bits per heavy atom. The highest BCUT2D eigenvalue weighted by atomic mass is 32.1. The summed E-state index contributed by atoms with van der Waals surface area (Å²) in [5.41, 5.74) is 0.990. The highest BCUT2D eigenvalue weighted by Crippen LogP contribution is 2.29. The Morgan fingerprint density at radius 1 is 1.21 bits per heavy atom. The van der Waals surface area contributed by atoms with Gasteiger partial charge in [0.25, 0.3) is 5.91 Å². The lowest BCUT2D eigenvalue weighted by Gasteiger charge is -2.11. The summed E-state index contributed by atoms with van der Waals surface area (Å²) in [6.45, 7) is 0. The van der Waals surface area contributed by atoms with E-state index in [4.69, 9.17) is 9.47 Å². The van der Waals surface area contributed by atoms with Crippen LogP contribution in [0.1, 0.15) is 5.69 Å². The lowest BCUT2D eigenvalue weighted by atomic mass is 10.1. The zero-order valence-corrected chi connectivity index (χ0v) is 16.5. The first-order chi connectivity index (χ1) is 14.0. The number of dihydropyridines is 1. The van der Waals surface area contributed by atoms with Gasteiger partial charge in [0.15, 0.2) is 5.13 Å². The van der Waals surface area contributed by atoms with Gasteiger partial charge in [-0.1, -0.05) is 6.08 Å². The summed E-state index contributed by atoms with van der Waals surface area (Å²) >= 11 is 1.17. The van der Waals surface area contributed by atoms with E-state index >= 15 is 0 Å². The van der Waals surface area contributed by atoms with Gasteiger partial charge in [-0.05, 0) is 18.2 Å². The number of rotatable bonds is 7. The van der Waals surface area contributed by atoms with E-state index in [0.29, 0.717) is 28.0 Å². The maximum absolute atomic E-state index is 12.3. The third-order valence-corrected chi connectivity index (χ3v) is 4.75. The van der Waals surface area contributed by atoms with Crippen molar-refractivity contribution in [2.75, 3.05) is 24.9 Å². The molecule has 2 aromatic rings. The maximum Gasteiger partial charge on any atom is 0.262 e. The number of ether oxygens (including phenoxy) is 2. The predicted octanol–water partition coefficient (Wildman–Crippen LogP) is 2.06. The molecule has 0 bridgehead atoms. The van der Waals surface area contributed by atoms with Gasteiger partial charge < -0.3 is 20.1 Å². The minimum absolute atomic E-state index is 0.00804. The number of anilines is 2. The Morgan fingerprint density at radius 2 is 2.03 bits per heavy atom. The summed E-state index contributed by atoms with van der Waals surface area (Å²) in [5.74, 6) is -1.24. The van der Waals surface area contributed by atoms with E-state index in [2.05, 4.69) is 20.6 Å². The van der Waals surface area contributed by atoms with Crippen LogP contribution in [-0.2, 0) is 20.8 Å². The number of thiazole rings is 1. The largest absolute Gasteiger partial charge is 0.497 e. The molecule has 0 saturated heterocycles. The lowest BCUT2D eigenvalue weighted by Crippen LogP contribution is -2.28. The number of aliphatic imine (C=N–C) groups is 1. The smallest absolute Gasteiger partial charge is 0.262 e. The number of aromatic nitrogens is 1. The first-order valence-electron chi connectivity index (χ1n) is 8.52. The zero-order valence-electron chi connectivity index (χ0n) is 15.7. The van der Waals surface area contributed by atoms with Gasteiger partial charge in [-0.2, -0.15) is 0 Å². The van der Waals surface area contributed by atoms with Gasteiger partial charge in [0.1, 0.15) is 17.4 Å². The Hall–Kier alpha value is -3.53. The monoisotopic (exact) mass is 414 g/mol. The molecule has 9 nitrogen and oxygen atoms in total. The number of allylic oxidation sites excluding steroid dienone is 1. The second-order valence-corrected chi connectivity index (χ2v) is 6.76. The molecule has 1 aromatic heterocycles. The van der Waals surface area contributed by atoms with E-state index in [1.807, 2.05) is 0 Å². The fourth-order valence-electron chi connectivity index (χ4n) is 2.53. The second kappa shape index (κ2) is 9.11. The maximum atomic E-state index is 12.3. The van der Waals surface area contributed by atoms with Crippen LogP contribution < -0.4 is 20.1 Å². The molecule has 2 N–H and O–H groups in total. The van der Waals surface area contributed by atoms with E-state index in [9.17, 15) is 14.4 Å². The van der Waals surface area contributed by atoms with Crippen molar-refractivity contribution >= 4 is 46.1 Å². The molecule has 29 heavy (non-hydrogen) atoms. The van der Waals surface area contributed by atoms with Crippen molar-refractivity contribution in [3.63, 3.8) is 0 Å². The van der Waals surface area contributed by atoms with Gasteiger partial charge in [-0.25, -0.2) is 9.98 Å². The normalized spacial score (nSPS) is 15.1.